The lowest BCUT2D eigenvalue weighted by Crippen LogP contribution is -2.04. The maximum Gasteiger partial charge on any atom is 0.181 e. The third-order valence-electron chi connectivity index (χ3n) is 2.52. The molecule has 0 saturated carbocycles. The fourth-order valence-electron chi connectivity index (χ4n) is 1.52. The fraction of sp³-hybridized carbons (Fsp3) is 0.182. The van der Waals surface area contributed by atoms with E-state index in [0.29, 0.717) is 11.4 Å². The van der Waals surface area contributed by atoms with Crippen molar-refractivity contribution in [2.75, 3.05) is 11.5 Å². The van der Waals surface area contributed by atoms with Crippen molar-refractivity contribution in [1.82, 2.24) is 10.2 Å². The van der Waals surface area contributed by atoms with Gasteiger partial charge in [0.2, 0.25) is 0 Å². The summed E-state index contributed by atoms with van der Waals surface area (Å²) in [6.45, 7) is 1.61. The van der Waals surface area contributed by atoms with Gasteiger partial charge in [0.1, 0.15) is 4.90 Å². The number of hydrogen-bond acceptors (Lipinski definition) is 4. The van der Waals surface area contributed by atoms with Crippen molar-refractivity contribution >= 4 is 15.5 Å². The van der Waals surface area contributed by atoms with Crippen molar-refractivity contribution in [2.45, 2.75) is 11.8 Å². The van der Waals surface area contributed by atoms with E-state index in [2.05, 4.69) is 10.2 Å². The van der Waals surface area contributed by atoms with Gasteiger partial charge >= 0.3 is 0 Å². The molecule has 1 aromatic heterocycles. The van der Waals surface area contributed by atoms with E-state index in [4.69, 9.17) is 5.73 Å². The van der Waals surface area contributed by atoms with Crippen LogP contribution >= 0.6 is 0 Å². The van der Waals surface area contributed by atoms with Crippen LogP contribution in [0.15, 0.2) is 35.4 Å². The topological polar surface area (TPSA) is 88.8 Å². The molecular formula is C11H13N3O2S. The Bertz CT molecular complexity index is 614. The number of hydrogen-bond donors (Lipinski definition) is 2. The van der Waals surface area contributed by atoms with Gasteiger partial charge in [-0.1, -0.05) is 19.1 Å². The molecule has 0 amide bonds. The number of rotatable bonds is 3. The number of aromatic amines is 1. The Morgan fingerprint density at radius 1 is 1.29 bits per heavy atom. The van der Waals surface area contributed by atoms with Crippen LogP contribution in [0.2, 0.25) is 0 Å². The Balaban J connectivity index is 2.55. The molecule has 5 nitrogen and oxygen atoms in total. The van der Waals surface area contributed by atoms with Gasteiger partial charge in [-0.05, 0) is 12.1 Å². The zero-order valence-corrected chi connectivity index (χ0v) is 10.2. The summed E-state index contributed by atoms with van der Waals surface area (Å²) in [5.74, 6) is 0.0501. The molecule has 17 heavy (non-hydrogen) atoms. The van der Waals surface area contributed by atoms with E-state index in [1.54, 1.807) is 31.2 Å². The molecule has 0 spiro atoms. The molecule has 1 heterocycles. The second-order valence-electron chi connectivity index (χ2n) is 3.63. The predicted octanol–water partition coefficient (Wildman–Crippen LogP) is 1.45. The van der Waals surface area contributed by atoms with E-state index in [1.807, 2.05) is 0 Å². The van der Waals surface area contributed by atoms with Crippen LogP contribution in [-0.4, -0.2) is 24.4 Å². The van der Waals surface area contributed by atoms with Gasteiger partial charge < -0.3 is 5.73 Å². The van der Waals surface area contributed by atoms with E-state index >= 15 is 0 Å². The third kappa shape index (κ3) is 2.16. The molecule has 3 N–H and O–H groups in total. The zero-order chi connectivity index (χ0) is 12.5. The van der Waals surface area contributed by atoms with Crippen LogP contribution in [0.1, 0.15) is 6.92 Å². The number of nitrogens with one attached hydrogen (secondary N) is 1. The second-order valence-corrected chi connectivity index (χ2v) is 5.88. The molecule has 0 bridgehead atoms. The van der Waals surface area contributed by atoms with Gasteiger partial charge in [0.05, 0.1) is 17.6 Å². The molecule has 0 saturated heterocycles. The minimum Gasteiger partial charge on any atom is -0.399 e. The maximum atomic E-state index is 11.8. The summed E-state index contributed by atoms with van der Waals surface area (Å²) < 4.78 is 23.7. The van der Waals surface area contributed by atoms with Gasteiger partial charge in [0.15, 0.2) is 9.84 Å². The lowest BCUT2D eigenvalue weighted by molar-refractivity contribution is 0.597. The molecule has 0 aliphatic rings. The van der Waals surface area contributed by atoms with E-state index in [-0.39, 0.29) is 10.6 Å². The molecule has 0 fully saturated rings. The quantitative estimate of drug-likeness (QED) is 0.808. The van der Waals surface area contributed by atoms with Gasteiger partial charge in [0.25, 0.3) is 0 Å². The van der Waals surface area contributed by atoms with E-state index in [0.717, 1.165) is 5.56 Å². The molecule has 90 valence electrons. The number of nitrogen functional groups attached to an aromatic ring is 1. The number of benzene rings is 1. The highest BCUT2D eigenvalue weighted by molar-refractivity contribution is 7.91. The number of H-pyrrole nitrogens is 1. The van der Waals surface area contributed by atoms with Gasteiger partial charge in [-0.15, -0.1) is 0 Å². The van der Waals surface area contributed by atoms with Crippen molar-refractivity contribution in [1.29, 1.82) is 0 Å². The highest BCUT2D eigenvalue weighted by Crippen LogP contribution is 2.26. The van der Waals surface area contributed by atoms with Crippen molar-refractivity contribution < 1.29 is 8.42 Å². The Morgan fingerprint density at radius 2 is 1.94 bits per heavy atom. The first-order valence-corrected chi connectivity index (χ1v) is 6.82. The van der Waals surface area contributed by atoms with Crippen LogP contribution in [-0.2, 0) is 9.84 Å². The molecule has 0 aliphatic carbocycles. The average Bonchev–Trinajstić information content (AvgIpc) is 2.80. The van der Waals surface area contributed by atoms with Gasteiger partial charge in [-0.2, -0.15) is 5.10 Å². The maximum absolute atomic E-state index is 11.8. The Kier molecular flexibility index (Phi) is 2.89. The third-order valence-corrected chi connectivity index (χ3v) is 4.26. The monoisotopic (exact) mass is 251 g/mol. The number of nitrogens with zero attached hydrogens (tertiary/aromatic N) is 1. The molecule has 0 radical (unpaired) electrons. The molecule has 1 aromatic carbocycles. The minimum absolute atomic E-state index is 0.0501. The lowest BCUT2D eigenvalue weighted by Gasteiger charge is -2.03. The first-order chi connectivity index (χ1) is 8.04. The lowest BCUT2D eigenvalue weighted by atomic mass is 10.1. The Labute approximate surface area is 99.6 Å². The summed E-state index contributed by atoms with van der Waals surface area (Å²) in [6.07, 6.45) is 1.34. The molecule has 0 unspecified atom stereocenters. The zero-order valence-electron chi connectivity index (χ0n) is 9.34. The number of sulfone groups is 1. The second kappa shape index (κ2) is 4.21. The van der Waals surface area contributed by atoms with Crippen LogP contribution in [0.5, 0.6) is 0 Å². The van der Waals surface area contributed by atoms with Gasteiger partial charge in [-0.3, -0.25) is 5.10 Å². The van der Waals surface area contributed by atoms with Crippen LogP contribution in [0.3, 0.4) is 0 Å². The summed E-state index contributed by atoms with van der Waals surface area (Å²) in [7, 11) is -3.27. The first-order valence-electron chi connectivity index (χ1n) is 5.16. The summed E-state index contributed by atoms with van der Waals surface area (Å²) in [5, 5.41) is 6.51. The van der Waals surface area contributed by atoms with Crippen LogP contribution in [0.4, 0.5) is 5.69 Å². The normalized spacial score (nSPS) is 11.6. The minimum atomic E-state index is -3.27. The Morgan fingerprint density at radius 3 is 2.53 bits per heavy atom. The Hall–Kier alpha value is -1.82. The molecule has 2 rings (SSSR count). The number of aromatic nitrogens is 2. The summed E-state index contributed by atoms with van der Waals surface area (Å²) in [6, 6.07) is 6.96. The number of anilines is 1. The SMILES string of the molecule is CCS(=O)(=O)c1cn[nH]c1-c1ccc(N)cc1. The molecule has 0 atom stereocenters. The predicted molar refractivity (Wildman–Crippen MR) is 66.2 cm³/mol. The smallest absolute Gasteiger partial charge is 0.181 e. The van der Waals surface area contributed by atoms with E-state index < -0.39 is 9.84 Å². The summed E-state index contributed by atoms with van der Waals surface area (Å²) >= 11 is 0. The molecular weight excluding hydrogens is 238 g/mol. The van der Waals surface area contributed by atoms with Crippen molar-refractivity contribution in [3.8, 4) is 11.3 Å². The van der Waals surface area contributed by atoms with Gasteiger partial charge in [-0.25, -0.2) is 8.42 Å². The van der Waals surface area contributed by atoms with Crippen LogP contribution in [0.25, 0.3) is 11.3 Å². The van der Waals surface area contributed by atoms with Crippen molar-refractivity contribution in [3.05, 3.63) is 30.5 Å². The van der Waals surface area contributed by atoms with E-state index in [1.165, 1.54) is 6.20 Å². The van der Waals surface area contributed by atoms with Crippen molar-refractivity contribution in [2.24, 2.45) is 0 Å². The molecule has 0 aliphatic heterocycles. The van der Waals surface area contributed by atoms with E-state index in [9.17, 15) is 8.42 Å². The van der Waals surface area contributed by atoms with Crippen molar-refractivity contribution in [3.63, 3.8) is 0 Å². The van der Waals surface area contributed by atoms with Crippen LogP contribution in [0, 0.1) is 0 Å². The molecule has 6 heteroatoms. The highest BCUT2D eigenvalue weighted by atomic mass is 32.2. The summed E-state index contributed by atoms with van der Waals surface area (Å²) in [5.41, 5.74) is 7.48. The average molecular weight is 251 g/mol. The molecule has 2 aromatic rings. The number of nitrogens with two attached hydrogens (primary N) is 1. The van der Waals surface area contributed by atoms with Crippen LogP contribution < -0.4 is 5.73 Å². The summed E-state index contributed by atoms with van der Waals surface area (Å²) in [4.78, 5) is 0.227. The van der Waals surface area contributed by atoms with Gasteiger partial charge in [0, 0.05) is 11.3 Å². The fourth-order valence-corrected chi connectivity index (χ4v) is 2.52. The largest absolute Gasteiger partial charge is 0.399 e. The standard InChI is InChI=1S/C11H13N3O2S/c1-2-17(15,16)10-7-13-14-11(10)8-3-5-9(12)6-4-8/h3-7H,2,12H2,1H3,(H,13,14). The first kappa shape index (κ1) is 11.7. The highest BCUT2D eigenvalue weighted by Gasteiger charge is 2.19.